The van der Waals surface area contributed by atoms with Crippen molar-refractivity contribution >= 4 is 0 Å². The van der Waals surface area contributed by atoms with Gasteiger partial charge in [0.2, 0.25) is 5.92 Å². The molecule has 1 aliphatic rings. The summed E-state index contributed by atoms with van der Waals surface area (Å²) in [6.45, 7) is 4.23. The lowest BCUT2D eigenvalue weighted by Gasteiger charge is -2.32. The molecule has 0 aromatic heterocycles. The van der Waals surface area contributed by atoms with Crippen LogP contribution in [0.25, 0.3) is 0 Å². The molecule has 2 atom stereocenters. The summed E-state index contributed by atoms with van der Waals surface area (Å²) in [6.07, 6.45) is 5.81. The monoisotopic (exact) mass is 262 g/mol. The van der Waals surface area contributed by atoms with Gasteiger partial charge in [0.1, 0.15) is 0 Å². The van der Waals surface area contributed by atoms with Gasteiger partial charge in [0.25, 0.3) is 0 Å². The Bertz CT molecular complexity index is 225. The maximum absolute atomic E-state index is 13.3. The lowest BCUT2D eigenvalue weighted by Crippen LogP contribution is -2.30. The van der Waals surface area contributed by atoms with E-state index in [0.717, 1.165) is 32.1 Å². The number of alkyl halides is 2. The maximum Gasteiger partial charge on any atom is 0.248 e. The average Bonchev–Trinajstić information content (AvgIpc) is 2.27. The quantitative estimate of drug-likeness (QED) is 0.700. The standard InChI is InChI=1S/C15H28F2O/c1-3-6-13(7-4-2)14(18)10-12-8-5-9-15(16,17)11-12/h12-14,18H,3-11H2,1-2H3. The first-order valence-corrected chi connectivity index (χ1v) is 7.54. The highest BCUT2D eigenvalue weighted by Gasteiger charge is 2.37. The van der Waals surface area contributed by atoms with E-state index in [4.69, 9.17) is 0 Å². The van der Waals surface area contributed by atoms with Gasteiger partial charge in [0, 0.05) is 12.8 Å². The zero-order valence-corrected chi connectivity index (χ0v) is 11.8. The van der Waals surface area contributed by atoms with Gasteiger partial charge in [-0.1, -0.05) is 26.7 Å². The molecule has 1 rings (SSSR count). The van der Waals surface area contributed by atoms with Crippen molar-refractivity contribution in [1.82, 2.24) is 0 Å². The predicted molar refractivity (Wildman–Crippen MR) is 70.8 cm³/mol. The van der Waals surface area contributed by atoms with E-state index in [1.165, 1.54) is 0 Å². The van der Waals surface area contributed by atoms with Gasteiger partial charge < -0.3 is 5.11 Å². The van der Waals surface area contributed by atoms with E-state index in [2.05, 4.69) is 13.8 Å². The van der Waals surface area contributed by atoms with Crippen LogP contribution in [-0.4, -0.2) is 17.1 Å². The van der Waals surface area contributed by atoms with E-state index < -0.39 is 5.92 Å². The fraction of sp³-hybridized carbons (Fsp3) is 1.00. The lowest BCUT2D eigenvalue weighted by molar-refractivity contribution is -0.0621. The van der Waals surface area contributed by atoms with Crippen LogP contribution >= 0.6 is 0 Å². The Balaban J connectivity index is 2.43. The van der Waals surface area contributed by atoms with Crippen molar-refractivity contribution in [3.63, 3.8) is 0 Å². The zero-order valence-electron chi connectivity index (χ0n) is 11.8. The van der Waals surface area contributed by atoms with E-state index in [0.29, 0.717) is 18.8 Å². The number of rotatable bonds is 7. The van der Waals surface area contributed by atoms with E-state index in [1.54, 1.807) is 0 Å². The minimum Gasteiger partial charge on any atom is -0.393 e. The molecule has 0 aromatic carbocycles. The number of hydrogen-bond acceptors (Lipinski definition) is 1. The molecule has 0 aromatic rings. The highest BCUT2D eigenvalue weighted by atomic mass is 19.3. The van der Waals surface area contributed by atoms with Gasteiger partial charge in [-0.2, -0.15) is 0 Å². The first-order chi connectivity index (χ1) is 8.48. The Morgan fingerprint density at radius 2 is 1.83 bits per heavy atom. The third-order valence-electron chi connectivity index (χ3n) is 4.18. The van der Waals surface area contributed by atoms with Crippen LogP contribution in [0.1, 0.15) is 71.6 Å². The Morgan fingerprint density at radius 3 is 2.33 bits per heavy atom. The molecule has 1 aliphatic carbocycles. The van der Waals surface area contributed by atoms with Gasteiger partial charge in [-0.15, -0.1) is 0 Å². The van der Waals surface area contributed by atoms with Gasteiger partial charge in [0.05, 0.1) is 6.10 Å². The van der Waals surface area contributed by atoms with E-state index in [9.17, 15) is 13.9 Å². The molecule has 1 N–H and O–H groups in total. The first-order valence-electron chi connectivity index (χ1n) is 7.54. The van der Waals surface area contributed by atoms with Gasteiger partial charge in [-0.05, 0) is 43.9 Å². The summed E-state index contributed by atoms with van der Waals surface area (Å²) < 4.78 is 26.6. The average molecular weight is 262 g/mol. The van der Waals surface area contributed by atoms with Crippen LogP contribution in [0.3, 0.4) is 0 Å². The summed E-state index contributed by atoms with van der Waals surface area (Å²) >= 11 is 0. The summed E-state index contributed by atoms with van der Waals surface area (Å²) in [5, 5.41) is 10.2. The molecule has 0 radical (unpaired) electrons. The van der Waals surface area contributed by atoms with Crippen LogP contribution < -0.4 is 0 Å². The van der Waals surface area contributed by atoms with Crippen LogP contribution in [0.15, 0.2) is 0 Å². The molecule has 3 heteroatoms. The molecule has 18 heavy (non-hydrogen) atoms. The van der Waals surface area contributed by atoms with Crippen LogP contribution in [0.2, 0.25) is 0 Å². The second-order valence-electron chi connectivity index (χ2n) is 5.96. The predicted octanol–water partition coefficient (Wildman–Crippen LogP) is 4.78. The third-order valence-corrected chi connectivity index (χ3v) is 4.18. The van der Waals surface area contributed by atoms with E-state index >= 15 is 0 Å². The molecule has 1 saturated carbocycles. The van der Waals surface area contributed by atoms with Gasteiger partial charge in [-0.25, -0.2) is 8.78 Å². The Morgan fingerprint density at radius 1 is 1.22 bits per heavy atom. The van der Waals surface area contributed by atoms with Crippen molar-refractivity contribution in [1.29, 1.82) is 0 Å². The maximum atomic E-state index is 13.3. The molecule has 1 nitrogen and oxygen atoms in total. The van der Waals surface area contributed by atoms with Crippen molar-refractivity contribution in [2.45, 2.75) is 83.7 Å². The minimum atomic E-state index is -2.49. The number of aliphatic hydroxyl groups is 1. The molecular weight excluding hydrogens is 234 g/mol. The lowest BCUT2D eigenvalue weighted by atomic mass is 9.79. The Hall–Kier alpha value is -0.180. The molecule has 2 unspecified atom stereocenters. The fourth-order valence-corrected chi connectivity index (χ4v) is 3.28. The van der Waals surface area contributed by atoms with Gasteiger partial charge in [-0.3, -0.25) is 0 Å². The van der Waals surface area contributed by atoms with E-state index in [1.807, 2.05) is 0 Å². The highest BCUT2D eigenvalue weighted by molar-refractivity contribution is 4.81. The molecule has 0 aliphatic heterocycles. The molecule has 0 heterocycles. The Labute approximate surface area is 110 Å². The molecule has 0 bridgehead atoms. The van der Waals surface area contributed by atoms with Crippen LogP contribution in [0, 0.1) is 11.8 Å². The van der Waals surface area contributed by atoms with Gasteiger partial charge >= 0.3 is 0 Å². The molecule has 0 amide bonds. The van der Waals surface area contributed by atoms with Crippen LogP contribution in [0.5, 0.6) is 0 Å². The largest absolute Gasteiger partial charge is 0.393 e. The van der Waals surface area contributed by atoms with Crippen molar-refractivity contribution in [3.8, 4) is 0 Å². The highest BCUT2D eigenvalue weighted by Crippen LogP contribution is 2.39. The molecule has 1 fully saturated rings. The molecular formula is C15H28F2O. The van der Waals surface area contributed by atoms with Crippen LogP contribution in [0.4, 0.5) is 8.78 Å². The second kappa shape index (κ2) is 7.42. The summed E-state index contributed by atoms with van der Waals surface area (Å²) in [4.78, 5) is 0. The summed E-state index contributed by atoms with van der Waals surface area (Å²) in [5.74, 6) is -2.18. The number of aliphatic hydroxyl groups excluding tert-OH is 1. The first kappa shape index (κ1) is 15.9. The SMILES string of the molecule is CCCC(CCC)C(O)CC1CCCC(F)(F)C1. The molecule has 0 spiro atoms. The normalized spacial score (nSPS) is 25.3. The smallest absolute Gasteiger partial charge is 0.248 e. The number of hydrogen-bond donors (Lipinski definition) is 1. The van der Waals surface area contributed by atoms with E-state index in [-0.39, 0.29) is 24.9 Å². The summed E-state index contributed by atoms with van der Waals surface area (Å²) in [7, 11) is 0. The zero-order chi connectivity index (χ0) is 13.6. The van der Waals surface area contributed by atoms with Crippen LogP contribution in [-0.2, 0) is 0 Å². The molecule has 0 saturated heterocycles. The van der Waals surface area contributed by atoms with Crippen molar-refractivity contribution in [2.24, 2.45) is 11.8 Å². The minimum absolute atomic E-state index is 0.0139. The summed E-state index contributed by atoms with van der Waals surface area (Å²) in [6, 6.07) is 0. The molecule has 108 valence electrons. The van der Waals surface area contributed by atoms with Crippen molar-refractivity contribution in [2.75, 3.05) is 0 Å². The Kier molecular flexibility index (Phi) is 6.54. The van der Waals surface area contributed by atoms with Crippen molar-refractivity contribution < 1.29 is 13.9 Å². The second-order valence-corrected chi connectivity index (χ2v) is 5.96. The topological polar surface area (TPSA) is 20.2 Å². The number of halogens is 2. The third kappa shape index (κ3) is 5.21. The fourth-order valence-electron chi connectivity index (χ4n) is 3.28. The summed E-state index contributed by atoms with van der Waals surface area (Å²) in [5.41, 5.74) is 0. The van der Waals surface area contributed by atoms with Crippen molar-refractivity contribution in [3.05, 3.63) is 0 Å². The van der Waals surface area contributed by atoms with Gasteiger partial charge in [0.15, 0.2) is 0 Å².